The molecule has 0 saturated heterocycles. The number of esters is 1. The minimum absolute atomic E-state index is 0.243. The van der Waals surface area contributed by atoms with Crippen molar-refractivity contribution in [1.82, 2.24) is 0 Å². The van der Waals surface area contributed by atoms with Crippen molar-refractivity contribution in [3.63, 3.8) is 0 Å². The van der Waals surface area contributed by atoms with Crippen LogP contribution in [0.2, 0.25) is 18.1 Å². The Morgan fingerprint density at radius 2 is 1.90 bits per heavy atom. The van der Waals surface area contributed by atoms with Gasteiger partial charge in [-0.05, 0) is 67.0 Å². The average Bonchev–Trinajstić information content (AvgIpc) is 2.65. The molecule has 0 fully saturated rings. The molecule has 1 unspecified atom stereocenters. The maximum atomic E-state index is 11.7. The molecule has 0 aromatic heterocycles. The smallest absolute Gasteiger partial charge is 0.314 e. The summed E-state index contributed by atoms with van der Waals surface area (Å²) in [5, 5.41) is 3.75. The Labute approximate surface area is 175 Å². The van der Waals surface area contributed by atoms with Gasteiger partial charge in [0, 0.05) is 11.5 Å². The van der Waals surface area contributed by atoms with E-state index in [1.807, 2.05) is 24.3 Å². The van der Waals surface area contributed by atoms with Crippen molar-refractivity contribution in [3.05, 3.63) is 40.3 Å². The van der Waals surface area contributed by atoms with Gasteiger partial charge in [0.1, 0.15) is 11.8 Å². The molecule has 29 heavy (non-hydrogen) atoms. The van der Waals surface area contributed by atoms with E-state index in [1.165, 1.54) is 7.11 Å². The lowest BCUT2D eigenvalue weighted by Crippen LogP contribution is -2.40. The molecule has 0 aliphatic carbocycles. The molecule has 0 bridgehead atoms. The van der Waals surface area contributed by atoms with E-state index in [9.17, 15) is 4.79 Å². The third-order valence-electron chi connectivity index (χ3n) is 5.32. The van der Waals surface area contributed by atoms with Crippen LogP contribution in [0.3, 0.4) is 0 Å². The highest BCUT2D eigenvalue weighted by molar-refractivity contribution is 6.74. The Hall–Kier alpha value is -2.02. The summed E-state index contributed by atoms with van der Waals surface area (Å²) in [5.74, 6) is 0.193. The molecule has 0 heterocycles. The predicted octanol–water partition coefficient (Wildman–Crippen LogP) is 5.65. The van der Waals surface area contributed by atoms with Gasteiger partial charge in [0.2, 0.25) is 0 Å². The second-order valence-electron chi connectivity index (χ2n) is 8.61. The van der Waals surface area contributed by atoms with Crippen LogP contribution < -0.4 is 4.74 Å². The van der Waals surface area contributed by atoms with Crippen molar-refractivity contribution in [2.45, 2.75) is 70.6 Å². The second-order valence-corrected chi connectivity index (χ2v) is 13.4. The summed E-state index contributed by atoms with van der Waals surface area (Å²) in [7, 11) is -0.380. The molecular formula is C21H35N3O4Si. The van der Waals surface area contributed by atoms with Crippen LogP contribution >= 0.6 is 0 Å². The van der Waals surface area contributed by atoms with Gasteiger partial charge in [-0.2, -0.15) is 0 Å². The largest absolute Gasteiger partial charge is 0.494 e. The van der Waals surface area contributed by atoms with Crippen molar-refractivity contribution < 1.29 is 18.7 Å². The van der Waals surface area contributed by atoms with Gasteiger partial charge in [-0.15, -0.1) is 0 Å². The van der Waals surface area contributed by atoms with Gasteiger partial charge in [-0.1, -0.05) is 38.0 Å². The highest BCUT2D eigenvalue weighted by Crippen LogP contribution is 2.36. The van der Waals surface area contributed by atoms with Gasteiger partial charge < -0.3 is 13.9 Å². The number of methoxy groups -OCH3 is 1. The number of hydrogen-bond acceptors (Lipinski definition) is 5. The Morgan fingerprint density at radius 1 is 1.21 bits per heavy atom. The van der Waals surface area contributed by atoms with Gasteiger partial charge in [0.05, 0.1) is 13.7 Å². The Kier molecular flexibility index (Phi) is 10.2. The van der Waals surface area contributed by atoms with E-state index in [2.05, 4.69) is 48.6 Å². The van der Waals surface area contributed by atoms with Crippen molar-refractivity contribution in [2.24, 2.45) is 5.11 Å². The molecule has 1 aromatic carbocycles. The Morgan fingerprint density at radius 3 is 2.52 bits per heavy atom. The van der Waals surface area contributed by atoms with Crippen LogP contribution in [0.15, 0.2) is 29.4 Å². The number of benzene rings is 1. The van der Waals surface area contributed by atoms with E-state index in [0.717, 1.165) is 37.2 Å². The molecule has 0 aliphatic heterocycles. The first kappa shape index (κ1) is 25.0. The van der Waals surface area contributed by atoms with Crippen molar-refractivity contribution in [1.29, 1.82) is 0 Å². The van der Waals surface area contributed by atoms with E-state index in [4.69, 9.17) is 14.7 Å². The average molecular weight is 422 g/mol. The fraction of sp³-hybridized carbons (Fsp3) is 0.667. The quantitative estimate of drug-likeness (QED) is 0.109. The van der Waals surface area contributed by atoms with Crippen molar-refractivity contribution in [3.8, 4) is 5.75 Å². The highest BCUT2D eigenvalue weighted by atomic mass is 28.4. The normalized spacial score (nSPS) is 12.8. The molecule has 1 aromatic rings. The molecule has 0 N–H and O–H groups in total. The van der Waals surface area contributed by atoms with Crippen LogP contribution in [-0.2, 0) is 20.4 Å². The van der Waals surface area contributed by atoms with E-state index in [1.54, 1.807) is 0 Å². The second kappa shape index (κ2) is 11.9. The molecule has 0 spiro atoms. The number of azide groups is 1. The first-order valence-electron chi connectivity index (χ1n) is 10.1. The van der Waals surface area contributed by atoms with Crippen LogP contribution in [0.1, 0.15) is 45.6 Å². The third kappa shape index (κ3) is 8.89. The fourth-order valence-electron chi connectivity index (χ4n) is 2.47. The van der Waals surface area contributed by atoms with Crippen LogP contribution in [0.4, 0.5) is 0 Å². The zero-order valence-electron chi connectivity index (χ0n) is 18.6. The summed E-state index contributed by atoms with van der Waals surface area (Å²) in [4.78, 5) is 14.4. The van der Waals surface area contributed by atoms with Crippen molar-refractivity contribution in [2.75, 3.05) is 20.3 Å². The molecule has 0 aliphatic rings. The van der Waals surface area contributed by atoms with Gasteiger partial charge in [0.25, 0.3) is 0 Å². The zero-order chi connectivity index (χ0) is 21.9. The highest BCUT2D eigenvalue weighted by Gasteiger charge is 2.36. The van der Waals surface area contributed by atoms with Gasteiger partial charge in [-0.3, -0.25) is 4.79 Å². The van der Waals surface area contributed by atoms with Crippen LogP contribution in [-0.4, -0.2) is 40.7 Å². The molecule has 0 amide bonds. The lowest BCUT2D eigenvalue weighted by Gasteiger charge is -2.36. The summed E-state index contributed by atoms with van der Waals surface area (Å²) >= 11 is 0. The molecular weight excluding hydrogens is 386 g/mol. The summed E-state index contributed by atoms with van der Waals surface area (Å²) in [6.45, 7) is 12.7. The number of hydrogen-bond donors (Lipinski definition) is 0. The SMILES string of the molecule is COC(=O)C(Cc1cccc(OCCCCCO[Si](C)(C)C(C)(C)C)c1)N=[N+]=[N-]. The molecule has 0 saturated carbocycles. The fourth-order valence-corrected chi connectivity index (χ4v) is 3.56. The summed E-state index contributed by atoms with van der Waals surface area (Å²) < 4.78 is 16.7. The molecule has 1 rings (SSSR count). The number of unbranched alkanes of at least 4 members (excludes halogenated alkanes) is 2. The summed E-state index contributed by atoms with van der Waals surface area (Å²) in [6.07, 6.45) is 3.31. The zero-order valence-corrected chi connectivity index (χ0v) is 19.6. The van der Waals surface area contributed by atoms with Crippen LogP contribution in [0.5, 0.6) is 5.75 Å². The van der Waals surface area contributed by atoms with Gasteiger partial charge in [0.15, 0.2) is 8.32 Å². The molecule has 0 radical (unpaired) electrons. The van der Waals surface area contributed by atoms with E-state index >= 15 is 0 Å². The third-order valence-corrected chi connectivity index (χ3v) is 9.86. The topological polar surface area (TPSA) is 93.5 Å². The minimum atomic E-state index is -1.66. The number of carbonyl (C=O) groups excluding carboxylic acids is 1. The molecule has 1 atom stereocenters. The van der Waals surface area contributed by atoms with E-state index < -0.39 is 20.3 Å². The molecule has 162 valence electrons. The Bertz CT molecular complexity index is 697. The molecule has 7 nitrogen and oxygen atoms in total. The standard InChI is InChI=1S/C21H35N3O4Si/c1-21(2,3)29(5,6)28-14-9-7-8-13-27-18-12-10-11-17(15-18)16-19(23-24-22)20(25)26-4/h10-12,15,19H,7-9,13-14,16H2,1-6H3. The molecule has 8 heteroatoms. The lowest BCUT2D eigenvalue weighted by atomic mass is 10.1. The predicted molar refractivity (Wildman–Crippen MR) is 118 cm³/mol. The minimum Gasteiger partial charge on any atom is -0.494 e. The van der Waals surface area contributed by atoms with Crippen LogP contribution in [0, 0.1) is 0 Å². The summed E-state index contributed by atoms with van der Waals surface area (Å²) in [5.41, 5.74) is 9.48. The number of carbonyl (C=O) groups is 1. The first-order chi connectivity index (χ1) is 13.6. The van der Waals surface area contributed by atoms with Gasteiger partial charge >= 0.3 is 5.97 Å². The number of ether oxygens (including phenoxy) is 2. The monoisotopic (exact) mass is 421 g/mol. The first-order valence-corrected chi connectivity index (χ1v) is 13.0. The Balaban J connectivity index is 2.38. The van der Waals surface area contributed by atoms with Crippen molar-refractivity contribution >= 4 is 14.3 Å². The van der Waals surface area contributed by atoms with E-state index in [0.29, 0.717) is 6.61 Å². The van der Waals surface area contributed by atoms with Crippen LogP contribution in [0.25, 0.3) is 10.4 Å². The summed E-state index contributed by atoms with van der Waals surface area (Å²) in [6, 6.07) is 6.60. The number of nitrogens with zero attached hydrogens (tertiary/aromatic N) is 3. The number of rotatable bonds is 12. The maximum absolute atomic E-state index is 11.7. The lowest BCUT2D eigenvalue weighted by molar-refractivity contribution is -0.142. The maximum Gasteiger partial charge on any atom is 0.314 e. The van der Waals surface area contributed by atoms with Gasteiger partial charge in [-0.25, -0.2) is 0 Å². The van der Waals surface area contributed by atoms with E-state index in [-0.39, 0.29) is 11.5 Å².